The van der Waals surface area contributed by atoms with Crippen LogP contribution in [0.2, 0.25) is 0 Å². The Morgan fingerprint density at radius 1 is 1.38 bits per heavy atom. The summed E-state index contributed by atoms with van der Waals surface area (Å²) < 4.78 is 0. The molecule has 2 nitrogen and oxygen atoms in total. The minimum absolute atomic E-state index is 0.417. The van der Waals surface area contributed by atoms with Crippen LogP contribution in [0.5, 0.6) is 0 Å². The first kappa shape index (κ1) is 11.0. The number of nitrogens with zero attached hydrogens (tertiary/aromatic N) is 1. The average molecular weight is 184 g/mol. The highest BCUT2D eigenvalue weighted by Gasteiger charge is 2.22. The Hall–Kier alpha value is -0.0800. The van der Waals surface area contributed by atoms with E-state index in [0.717, 1.165) is 18.5 Å². The first-order chi connectivity index (χ1) is 6.09. The van der Waals surface area contributed by atoms with Crippen molar-refractivity contribution in [1.29, 1.82) is 0 Å². The lowest BCUT2D eigenvalue weighted by Crippen LogP contribution is -2.46. The van der Waals surface area contributed by atoms with Crippen LogP contribution < -0.4 is 5.73 Å². The normalized spacial score (nSPS) is 31.2. The molecule has 0 radical (unpaired) electrons. The van der Waals surface area contributed by atoms with Crippen LogP contribution >= 0.6 is 0 Å². The van der Waals surface area contributed by atoms with Gasteiger partial charge in [0.05, 0.1) is 0 Å². The molecule has 78 valence electrons. The molecule has 1 fully saturated rings. The molecule has 2 unspecified atom stereocenters. The van der Waals surface area contributed by atoms with Gasteiger partial charge in [0.2, 0.25) is 0 Å². The summed E-state index contributed by atoms with van der Waals surface area (Å²) in [7, 11) is 2.21. The van der Waals surface area contributed by atoms with Crippen LogP contribution in [-0.2, 0) is 0 Å². The van der Waals surface area contributed by atoms with Crippen LogP contribution in [0.1, 0.15) is 39.5 Å². The molecular weight excluding hydrogens is 160 g/mol. The van der Waals surface area contributed by atoms with E-state index in [2.05, 4.69) is 25.8 Å². The molecule has 0 aromatic rings. The van der Waals surface area contributed by atoms with Gasteiger partial charge in [-0.15, -0.1) is 0 Å². The van der Waals surface area contributed by atoms with E-state index in [1.54, 1.807) is 0 Å². The number of likely N-dealkylation sites (tertiary alicyclic amines) is 1. The fourth-order valence-electron chi connectivity index (χ4n) is 2.13. The van der Waals surface area contributed by atoms with Crippen molar-refractivity contribution in [2.45, 2.75) is 51.6 Å². The Morgan fingerprint density at radius 2 is 2.08 bits per heavy atom. The molecule has 0 amide bonds. The Balaban J connectivity index is 2.25. The van der Waals surface area contributed by atoms with Gasteiger partial charge in [-0.2, -0.15) is 0 Å². The largest absolute Gasteiger partial charge is 0.327 e. The molecule has 1 aliphatic heterocycles. The van der Waals surface area contributed by atoms with Crippen LogP contribution in [0.15, 0.2) is 0 Å². The van der Waals surface area contributed by atoms with Gasteiger partial charge in [0.15, 0.2) is 0 Å². The highest BCUT2D eigenvalue weighted by Crippen LogP contribution is 2.20. The third kappa shape index (κ3) is 3.65. The van der Waals surface area contributed by atoms with E-state index in [4.69, 9.17) is 5.73 Å². The van der Waals surface area contributed by atoms with Crippen molar-refractivity contribution in [3.05, 3.63) is 0 Å². The Labute approximate surface area is 82.5 Å². The zero-order chi connectivity index (χ0) is 9.84. The van der Waals surface area contributed by atoms with Crippen molar-refractivity contribution in [3.8, 4) is 0 Å². The highest BCUT2D eigenvalue weighted by atomic mass is 15.1. The summed E-state index contributed by atoms with van der Waals surface area (Å²) in [5.41, 5.74) is 5.90. The first-order valence-electron chi connectivity index (χ1n) is 5.55. The standard InChI is InChI=1S/C11H24N2/c1-9(2)4-6-11-7-5-10(12)8-13(11)3/h9-11H,4-8,12H2,1-3H3. The van der Waals surface area contributed by atoms with E-state index in [-0.39, 0.29) is 0 Å². The zero-order valence-electron chi connectivity index (χ0n) is 9.29. The maximum Gasteiger partial charge on any atom is 0.0168 e. The lowest BCUT2D eigenvalue weighted by atomic mass is 9.93. The minimum atomic E-state index is 0.417. The number of hydrogen-bond donors (Lipinski definition) is 1. The maximum absolute atomic E-state index is 5.90. The minimum Gasteiger partial charge on any atom is -0.327 e. The number of rotatable bonds is 3. The topological polar surface area (TPSA) is 29.3 Å². The maximum atomic E-state index is 5.90. The molecule has 2 heteroatoms. The lowest BCUT2D eigenvalue weighted by molar-refractivity contribution is 0.154. The molecule has 0 saturated carbocycles. The van der Waals surface area contributed by atoms with Crippen LogP contribution in [0, 0.1) is 5.92 Å². The van der Waals surface area contributed by atoms with E-state index in [1.807, 2.05) is 0 Å². The van der Waals surface area contributed by atoms with Crippen molar-refractivity contribution >= 4 is 0 Å². The highest BCUT2D eigenvalue weighted by molar-refractivity contribution is 4.81. The Kier molecular flexibility index (Phi) is 4.20. The second-order valence-corrected chi connectivity index (χ2v) is 4.90. The number of likely N-dealkylation sites (N-methyl/N-ethyl adjacent to an activating group) is 1. The van der Waals surface area contributed by atoms with Gasteiger partial charge in [0.1, 0.15) is 0 Å². The predicted octanol–water partition coefficient (Wildman–Crippen LogP) is 1.84. The second kappa shape index (κ2) is 4.97. The number of piperidine rings is 1. The predicted molar refractivity (Wildman–Crippen MR) is 57.7 cm³/mol. The number of nitrogens with two attached hydrogens (primary N) is 1. The Bertz CT molecular complexity index is 145. The summed E-state index contributed by atoms with van der Waals surface area (Å²) in [6.07, 6.45) is 5.21. The van der Waals surface area contributed by atoms with Gasteiger partial charge in [-0.05, 0) is 38.6 Å². The molecule has 0 aromatic carbocycles. The smallest absolute Gasteiger partial charge is 0.0168 e. The number of hydrogen-bond acceptors (Lipinski definition) is 2. The molecule has 0 bridgehead atoms. The molecule has 1 rings (SSSR count). The lowest BCUT2D eigenvalue weighted by Gasteiger charge is -2.36. The van der Waals surface area contributed by atoms with Gasteiger partial charge in [0.25, 0.3) is 0 Å². The van der Waals surface area contributed by atoms with Crippen LogP contribution in [0.4, 0.5) is 0 Å². The molecule has 2 N–H and O–H groups in total. The van der Waals surface area contributed by atoms with Crippen LogP contribution in [0.3, 0.4) is 0 Å². The average Bonchev–Trinajstić information content (AvgIpc) is 2.02. The fraction of sp³-hybridized carbons (Fsp3) is 1.00. The van der Waals surface area contributed by atoms with Crippen molar-refractivity contribution in [3.63, 3.8) is 0 Å². The van der Waals surface area contributed by atoms with E-state index in [1.165, 1.54) is 25.7 Å². The molecule has 0 spiro atoms. The third-order valence-electron chi connectivity index (χ3n) is 3.09. The van der Waals surface area contributed by atoms with Gasteiger partial charge in [-0.25, -0.2) is 0 Å². The van der Waals surface area contributed by atoms with E-state index in [9.17, 15) is 0 Å². The van der Waals surface area contributed by atoms with E-state index < -0.39 is 0 Å². The van der Waals surface area contributed by atoms with Crippen molar-refractivity contribution in [1.82, 2.24) is 4.90 Å². The third-order valence-corrected chi connectivity index (χ3v) is 3.09. The molecule has 0 aliphatic carbocycles. The molecule has 1 heterocycles. The molecule has 1 aliphatic rings. The van der Waals surface area contributed by atoms with Gasteiger partial charge in [-0.1, -0.05) is 13.8 Å². The van der Waals surface area contributed by atoms with Gasteiger partial charge in [0, 0.05) is 18.6 Å². The molecule has 0 aromatic heterocycles. The van der Waals surface area contributed by atoms with Gasteiger partial charge in [-0.3, -0.25) is 0 Å². The van der Waals surface area contributed by atoms with Gasteiger partial charge < -0.3 is 10.6 Å². The van der Waals surface area contributed by atoms with Crippen molar-refractivity contribution < 1.29 is 0 Å². The Morgan fingerprint density at radius 3 is 2.62 bits per heavy atom. The summed E-state index contributed by atoms with van der Waals surface area (Å²) >= 11 is 0. The van der Waals surface area contributed by atoms with Crippen molar-refractivity contribution in [2.24, 2.45) is 11.7 Å². The summed E-state index contributed by atoms with van der Waals surface area (Å²) in [6, 6.07) is 1.21. The monoisotopic (exact) mass is 184 g/mol. The van der Waals surface area contributed by atoms with Crippen LogP contribution in [0.25, 0.3) is 0 Å². The molecular formula is C11H24N2. The molecule has 2 atom stereocenters. The quantitative estimate of drug-likeness (QED) is 0.725. The summed E-state index contributed by atoms with van der Waals surface area (Å²) in [4.78, 5) is 2.44. The van der Waals surface area contributed by atoms with Gasteiger partial charge >= 0.3 is 0 Å². The first-order valence-corrected chi connectivity index (χ1v) is 5.55. The fourth-order valence-corrected chi connectivity index (χ4v) is 2.13. The SMILES string of the molecule is CC(C)CCC1CCC(N)CN1C. The van der Waals surface area contributed by atoms with Crippen molar-refractivity contribution in [2.75, 3.05) is 13.6 Å². The summed E-state index contributed by atoms with van der Waals surface area (Å²) in [5, 5.41) is 0. The van der Waals surface area contributed by atoms with E-state index in [0.29, 0.717) is 6.04 Å². The zero-order valence-corrected chi connectivity index (χ0v) is 9.29. The molecule has 13 heavy (non-hydrogen) atoms. The summed E-state index contributed by atoms with van der Waals surface area (Å²) in [6.45, 7) is 5.69. The van der Waals surface area contributed by atoms with E-state index >= 15 is 0 Å². The second-order valence-electron chi connectivity index (χ2n) is 4.90. The van der Waals surface area contributed by atoms with Crippen LogP contribution in [-0.4, -0.2) is 30.6 Å². The molecule has 1 saturated heterocycles. The summed E-state index contributed by atoms with van der Waals surface area (Å²) in [5.74, 6) is 0.837.